The molecule has 0 unspecified atom stereocenters. The van der Waals surface area contributed by atoms with Gasteiger partial charge in [0.1, 0.15) is 16.1 Å². The maximum absolute atomic E-state index is 9.42. The van der Waals surface area contributed by atoms with Gasteiger partial charge in [0.25, 0.3) is 0 Å². The number of aromatic nitrogens is 2. The summed E-state index contributed by atoms with van der Waals surface area (Å²) in [6.07, 6.45) is 3.30. The van der Waals surface area contributed by atoms with Crippen LogP contribution >= 0.6 is 11.3 Å². The molecule has 1 aromatic heterocycles. The van der Waals surface area contributed by atoms with Gasteiger partial charge in [-0.1, -0.05) is 32.1 Å². The number of hydrogen-bond donors (Lipinski definition) is 1. The van der Waals surface area contributed by atoms with Gasteiger partial charge in [0, 0.05) is 5.92 Å². The van der Waals surface area contributed by atoms with E-state index in [0.29, 0.717) is 11.3 Å². The van der Waals surface area contributed by atoms with E-state index in [4.69, 9.17) is 0 Å². The zero-order valence-electron chi connectivity index (χ0n) is 11.1. The van der Waals surface area contributed by atoms with Crippen molar-refractivity contribution < 1.29 is 5.11 Å². The molecule has 0 bridgehead atoms. The van der Waals surface area contributed by atoms with Crippen LogP contribution in [0.1, 0.15) is 69.0 Å². The molecular weight excluding hydrogens is 232 g/mol. The second-order valence-corrected chi connectivity index (χ2v) is 7.49. The van der Waals surface area contributed by atoms with Gasteiger partial charge in [-0.15, -0.1) is 10.2 Å². The van der Waals surface area contributed by atoms with Crippen LogP contribution in [0.5, 0.6) is 0 Å². The highest BCUT2D eigenvalue weighted by atomic mass is 32.1. The summed E-state index contributed by atoms with van der Waals surface area (Å²) < 4.78 is 0. The first-order valence-electron chi connectivity index (χ1n) is 6.36. The van der Waals surface area contributed by atoms with E-state index in [9.17, 15) is 5.11 Å². The largest absolute Gasteiger partial charge is 0.386 e. The predicted molar refractivity (Wildman–Crippen MR) is 70.1 cm³/mol. The standard InChI is InChI=1S/C13H22N2OS/c1-8(16)11-14-15-12(17-11)10-5-9(6-10)7-13(2,3)4/h8-10,16H,5-7H2,1-4H3/t8-,9?,10?/m0/s1. The SMILES string of the molecule is C[C@H](O)c1nnc(C2CC(CC(C)(C)C)C2)s1. The zero-order valence-corrected chi connectivity index (χ0v) is 11.9. The molecule has 1 saturated carbocycles. The maximum Gasteiger partial charge on any atom is 0.145 e. The van der Waals surface area contributed by atoms with Crippen molar-refractivity contribution in [2.24, 2.45) is 11.3 Å². The van der Waals surface area contributed by atoms with Gasteiger partial charge in [-0.25, -0.2) is 0 Å². The van der Waals surface area contributed by atoms with Crippen molar-refractivity contribution in [2.75, 3.05) is 0 Å². The van der Waals surface area contributed by atoms with E-state index < -0.39 is 6.10 Å². The fraction of sp³-hybridized carbons (Fsp3) is 0.846. The molecule has 0 aliphatic heterocycles. The summed E-state index contributed by atoms with van der Waals surface area (Å²) in [7, 11) is 0. The van der Waals surface area contributed by atoms with Gasteiger partial charge in [0.2, 0.25) is 0 Å². The third-order valence-electron chi connectivity index (χ3n) is 3.30. The molecule has 0 aromatic carbocycles. The minimum absolute atomic E-state index is 0.432. The van der Waals surface area contributed by atoms with Gasteiger partial charge in [0.15, 0.2) is 0 Å². The first-order valence-corrected chi connectivity index (χ1v) is 7.18. The average molecular weight is 254 g/mol. The highest BCUT2D eigenvalue weighted by molar-refractivity contribution is 7.11. The summed E-state index contributed by atoms with van der Waals surface area (Å²) in [6.45, 7) is 8.65. The number of aliphatic hydroxyl groups is 1. The molecule has 3 nitrogen and oxygen atoms in total. The van der Waals surface area contributed by atoms with Crippen molar-refractivity contribution in [3.8, 4) is 0 Å². The predicted octanol–water partition coefficient (Wildman–Crippen LogP) is 3.52. The second-order valence-electron chi connectivity index (χ2n) is 6.45. The van der Waals surface area contributed by atoms with E-state index in [2.05, 4.69) is 31.0 Å². The van der Waals surface area contributed by atoms with E-state index >= 15 is 0 Å². The fourth-order valence-corrected chi connectivity index (χ4v) is 3.46. The fourth-order valence-electron chi connectivity index (χ4n) is 2.55. The average Bonchev–Trinajstić information content (AvgIpc) is 2.57. The summed E-state index contributed by atoms with van der Waals surface area (Å²) >= 11 is 1.57. The molecule has 1 heterocycles. The van der Waals surface area contributed by atoms with Gasteiger partial charge < -0.3 is 5.11 Å². The Kier molecular flexibility index (Phi) is 3.55. The first kappa shape index (κ1) is 13.0. The van der Waals surface area contributed by atoms with Crippen LogP contribution in [0, 0.1) is 11.3 Å². The van der Waals surface area contributed by atoms with E-state index in [1.807, 2.05) is 0 Å². The maximum atomic E-state index is 9.42. The van der Waals surface area contributed by atoms with Crippen LogP contribution in [0.2, 0.25) is 0 Å². The van der Waals surface area contributed by atoms with Gasteiger partial charge in [0.05, 0.1) is 0 Å². The molecule has 4 heteroatoms. The second kappa shape index (κ2) is 4.65. The van der Waals surface area contributed by atoms with Crippen LogP contribution in [0.4, 0.5) is 0 Å². The quantitative estimate of drug-likeness (QED) is 0.897. The Morgan fingerprint density at radius 3 is 2.47 bits per heavy atom. The third-order valence-corrected chi connectivity index (χ3v) is 4.56. The molecule has 0 saturated heterocycles. The molecule has 0 amide bonds. The van der Waals surface area contributed by atoms with Crippen LogP contribution in [-0.4, -0.2) is 15.3 Å². The van der Waals surface area contributed by atoms with Crippen LogP contribution in [0.15, 0.2) is 0 Å². The van der Waals surface area contributed by atoms with Crippen molar-refractivity contribution in [1.82, 2.24) is 10.2 Å². The Labute approximate surface area is 107 Å². The monoisotopic (exact) mass is 254 g/mol. The molecule has 1 aliphatic carbocycles. The molecule has 1 N–H and O–H groups in total. The lowest BCUT2D eigenvalue weighted by atomic mass is 9.68. The van der Waals surface area contributed by atoms with Gasteiger partial charge in [-0.2, -0.15) is 0 Å². The molecule has 2 rings (SSSR count). The molecule has 96 valence electrons. The van der Waals surface area contributed by atoms with Crippen molar-refractivity contribution in [2.45, 2.75) is 59.0 Å². The Morgan fingerprint density at radius 1 is 1.35 bits per heavy atom. The molecule has 1 aromatic rings. The Morgan fingerprint density at radius 2 is 2.00 bits per heavy atom. The van der Waals surface area contributed by atoms with Gasteiger partial charge in [-0.3, -0.25) is 0 Å². The minimum atomic E-state index is -0.480. The van der Waals surface area contributed by atoms with Crippen molar-refractivity contribution >= 4 is 11.3 Å². The molecule has 17 heavy (non-hydrogen) atoms. The van der Waals surface area contributed by atoms with E-state index in [1.165, 1.54) is 19.3 Å². The zero-order chi connectivity index (χ0) is 12.6. The normalized spacial score (nSPS) is 26.6. The topological polar surface area (TPSA) is 46.0 Å². The van der Waals surface area contributed by atoms with E-state index in [0.717, 1.165) is 15.9 Å². The van der Waals surface area contributed by atoms with E-state index in [1.54, 1.807) is 18.3 Å². The summed E-state index contributed by atoms with van der Waals surface area (Å²) in [5.74, 6) is 1.44. The molecular formula is C13H22N2OS. The highest BCUT2D eigenvalue weighted by Crippen LogP contribution is 2.47. The summed E-state index contributed by atoms with van der Waals surface area (Å²) in [4.78, 5) is 0. The van der Waals surface area contributed by atoms with Crippen molar-refractivity contribution in [3.05, 3.63) is 10.0 Å². The minimum Gasteiger partial charge on any atom is -0.386 e. The van der Waals surface area contributed by atoms with Crippen LogP contribution < -0.4 is 0 Å². The lowest BCUT2D eigenvalue weighted by Crippen LogP contribution is -2.26. The summed E-state index contributed by atoms with van der Waals surface area (Å²) in [5, 5.41) is 19.5. The van der Waals surface area contributed by atoms with Gasteiger partial charge in [-0.05, 0) is 37.5 Å². The molecule has 0 spiro atoms. The Bertz CT molecular complexity index is 375. The number of aliphatic hydroxyl groups excluding tert-OH is 1. The van der Waals surface area contributed by atoms with Crippen LogP contribution in [0.3, 0.4) is 0 Å². The smallest absolute Gasteiger partial charge is 0.145 e. The van der Waals surface area contributed by atoms with Crippen LogP contribution in [-0.2, 0) is 0 Å². The Balaban J connectivity index is 1.86. The number of hydrogen-bond acceptors (Lipinski definition) is 4. The third kappa shape index (κ3) is 3.26. The lowest BCUT2D eigenvalue weighted by molar-refractivity contribution is 0.179. The summed E-state index contributed by atoms with van der Waals surface area (Å²) in [5.41, 5.74) is 0.432. The number of nitrogens with zero attached hydrogens (tertiary/aromatic N) is 2. The first-order chi connectivity index (χ1) is 7.85. The number of rotatable bonds is 3. The van der Waals surface area contributed by atoms with Crippen molar-refractivity contribution in [1.29, 1.82) is 0 Å². The molecule has 1 fully saturated rings. The molecule has 1 aliphatic rings. The molecule has 0 radical (unpaired) electrons. The lowest BCUT2D eigenvalue weighted by Gasteiger charge is -2.37. The summed E-state index contributed by atoms with van der Waals surface area (Å²) in [6, 6.07) is 0. The highest BCUT2D eigenvalue weighted by Gasteiger charge is 2.35. The Hall–Kier alpha value is -0.480. The van der Waals surface area contributed by atoms with Crippen LogP contribution in [0.25, 0.3) is 0 Å². The van der Waals surface area contributed by atoms with Crippen molar-refractivity contribution in [3.63, 3.8) is 0 Å². The van der Waals surface area contributed by atoms with Gasteiger partial charge >= 0.3 is 0 Å². The van der Waals surface area contributed by atoms with E-state index in [-0.39, 0.29) is 0 Å². The molecule has 1 atom stereocenters.